The van der Waals surface area contributed by atoms with Crippen LogP contribution in [0, 0.1) is 15.9 Å². The van der Waals surface area contributed by atoms with Crippen molar-refractivity contribution in [2.24, 2.45) is 0 Å². The molecule has 5 nitrogen and oxygen atoms in total. The first-order chi connectivity index (χ1) is 11.2. The molecule has 2 aromatic rings. The van der Waals surface area contributed by atoms with Crippen molar-refractivity contribution in [3.05, 3.63) is 69.5 Å². The molecule has 0 aromatic heterocycles. The van der Waals surface area contributed by atoms with Crippen LogP contribution in [-0.4, -0.2) is 23.6 Å². The van der Waals surface area contributed by atoms with Crippen molar-refractivity contribution in [1.29, 1.82) is 0 Å². The van der Waals surface area contributed by atoms with E-state index in [1.165, 1.54) is 24.1 Å². The van der Waals surface area contributed by atoms with Crippen LogP contribution in [0.3, 0.4) is 0 Å². The molecule has 0 amide bonds. The normalized spacial score (nSPS) is 20.1. The highest BCUT2D eigenvalue weighted by Crippen LogP contribution is 2.53. The van der Waals surface area contributed by atoms with Gasteiger partial charge in [0.1, 0.15) is 11.4 Å². The minimum Gasteiger partial charge on any atom is -0.377 e. The molecular weight excluding hydrogens is 325 g/mol. The number of nitro benzene ring substituents is 1. The van der Waals surface area contributed by atoms with Crippen molar-refractivity contribution < 1.29 is 23.2 Å². The predicted molar refractivity (Wildman–Crippen MR) is 80.6 cm³/mol. The molecule has 1 aliphatic heterocycles. The first kappa shape index (κ1) is 16.3. The van der Waals surface area contributed by atoms with Gasteiger partial charge in [-0.2, -0.15) is 8.78 Å². The number of halogens is 3. The molecule has 0 fully saturated rings. The number of alkyl halides is 2. The molecule has 8 heteroatoms. The van der Waals surface area contributed by atoms with Crippen molar-refractivity contribution in [2.45, 2.75) is 11.5 Å². The van der Waals surface area contributed by atoms with Crippen LogP contribution in [0.4, 0.5) is 24.5 Å². The van der Waals surface area contributed by atoms with Crippen molar-refractivity contribution in [3.8, 4) is 0 Å². The zero-order valence-electron chi connectivity index (χ0n) is 12.5. The molecule has 3 rings (SSSR count). The van der Waals surface area contributed by atoms with Gasteiger partial charge in [0, 0.05) is 18.3 Å². The first-order valence-corrected chi connectivity index (χ1v) is 7.04. The predicted octanol–water partition coefficient (Wildman–Crippen LogP) is 3.16. The van der Waals surface area contributed by atoms with Gasteiger partial charge in [-0.3, -0.25) is 10.1 Å². The molecule has 0 radical (unpaired) electrons. The van der Waals surface area contributed by atoms with E-state index in [-0.39, 0.29) is 5.56 Å². The second-order valence-electron chi connectivity index (χ2n) is 5.73. The van der Waals surface area contributed by atoms with Crippen LogP contribution in [0.5, 0.6) is 0 Å². The fraction of sp³-hybridized carbons (Fsp3) is 0.250. The molecule has 24 heavy (non-hydrogen) atoms. The lowest BCUT2D eigenvalue weighted by Gasteiger charge is -2.33. The summed E-state index contributed by atoms with van der Waals surface area (Å²) in [6, 6.07) is 7.84. The number of aliphatic hydroxyl groups is 1. The van der Waals surface area contributed by atoms with Gasteiger partial charge in [-0.05, 0) is 18.2 Å². The van der Waals surface area contributed by atoms with E-state index in [0.29, 0.717) is 23.9 Å². The summed E-state index contributed by atoms with van der Waals surface area (Å²) in [5, 5.41) is 21.8. The van der Waals surface area contributed by atoms with Crippen LogP contribution in [0.1, 0.15) is 11.1 Å². The smallest absolute Gasteiger partial charge is 0.313 e. The maximum absolute atomic E-state index is 15.1. The number of rotatable bonds is 3. The van der Waals surface area contributed by atoms with E-state index >= 15 is 8.78 Å². The van der Waals surface area contributed by atoms with Crippen molar-refractivity contribution in [3.63, 3.8) is 0 Å². The molecule has 0 saturated heterocycles. The third-order valence-electron chi connectivity index (χ3n) is 4.24. The number of benzene rings is 2. The highest BCUT2D eigenvalue weighted by atomic mass is 19.3. The average Bonchev–Trinajstić information content (AvgIpc) is 2.80. The monoisotopic (exact) mass is 338 g/mol. The average molecular weight is 338 g/mol. The third-order valence-corrected chi connectivity index (χ3v) is 4.24. The fourth-order valence-corrected chi connectivity index (χ4v) is 3.08. The van der Waals surface area contributed by atoms with E-state index < -0.39 is 40.1 Å². The number of anilines is 1. The summed E-state index contributed by atoms with van der Waals surface area (Å²) in [4.78, 5) is 11.4. The molecule has 1 aliphatic rings. The number of fused-ring (bicyclic) bond motifs is 1. The molecule has 1 atom stereocenters. The number of nitro groups is 1. The highest BCUT2D eigenvalue weighted by molar-refractivity contribution is 5.63. The largest absolute Gasteiger partial charge is 0.377 e. The van der Waals surface area contributed by atoms with Crippen LogP contribution in [0.2, 0.25) is 0 Å². The molecule has 0 spiro atoms. The number of hydrogen-bond donors (Lipinski definition) is 1. The van der Waals surface area contributed by atoms with Gasteiger partial charge < -0.3 is 10.0 Å². The van der Waals surface area contributed by atoms with Crippen LogP contribution >= 0.6 is 0 Å². The van der Waals surface area contributed by atoms with E-state index in [1.807, 2.05) is 0 Å². The molecule has 0 saturated carbocycles. The van der Waals surface area contributed by atoms with Crippen LogP contribution in [0.15, 0.2) is 42.5 Å². The summed E-state index contributed by atoms with van der Waals surface area (Å²) in [6.45, 7) is -0.451. The number of β-amino-alcohol motifs (C(OH)–C–C–N with tert-alkyl or cyclic N) is 1. The minimum atomic E-state index is -4.00. The summed E-state index contributed by atoms with van der Waals surface area (Å²) >= 11 is 0. The minimum absolute atomic E-state index is 0.0314. The molecule has 0 aliphatic carbocycles. The van der Waals surface area contributed by atoms with Crippen LogP contribution < -0.4 is 4.90 Å². The zero-order valence-corrected chi connectivity index (χ0v) is 12.5. The van der Waals surface area contributed by atoms with E-state index in [9.17, 15) is 19.6 Å². The maximum Gasteiger partial charge on any atom is 0.313 e. The molecule has 126 valence electrons. The van der Waals surface area contributed by atoms with Crippen LogP contribution in [0.25, 0.3) is 0 Å². The molecule has 1 unspecified atom stereocenters. The number of nitrogens with zero attached hydrogens (tertiary/aromatic N) is 2. The fourth-order valence-electron chi connectivity index (χ4n) is 3.08. The lowest BCUT2D eigenvalue weighted by atomic mass is 9.84. The quantitative estimate of drug-likeness (QED) is 0.690. The highest BCUT2D eigenvalue weighted by Gasteiger charge is 2.61. The zero-order chi connectivity index (χ0) is 17.7. The Morgan fingerprint density at radius 3 is 2.62 bits per heavy atom. The Bertz CT molecular complexity index is 828. The van der Waals surface area contributed by atoms with Gasteiger partial charge in [0.2, 0.25) is 0 Å². The Balaban J connectivity index is 2.21. The summed E-state index contributed by atoms with van der Waals surface area (Å²) in [7, 11) is 1.53. The standard InChI is InChI=1S/C16H13F3N2O3/c1-20-9-15(22,11-4-2-3-5-13(11)20)16(18,19)12-7-6-10(17)8-14(12)21(23)24/h2-8,22H,9H2,1H3. The lowest BCUT2D eigenvalue weighted by molar-refractivity contribution is -0.388. The van der Waals surface area contributed by atoms with Gasteiger partial charge in [-0.25, -0.2) is 4.39 Å². The number of hydrogen-bond acceptors (Lipinski definition) is 4. The van der Waals surface area contributed by atoms with Crippen LogP contribution in [-0.2, 0) is 11.5 Å². The summed E-state index contributed by atoms with van der Waals surface area (Å²) in [5.41, 5.74) is -4.39. The molecule has 2 aromatic carbocycles. The van der Waals surface area contributed by atoms with Crippen molar-refractivity contribution >= 4 is 11.4 Å². The Hall–Kier alpha value is -2.61. The maximum atomic E-state index is 15.1. The van der Waals surface area contributed by atoms with Crippen molar-refractivity contribution in [2.75, 3.05) is 18.5 Å². The third kappa shape index (κ3) is 2.14. The summed E-state index contributed by atoms with van der Waals surface area (Å²) in [5.74, 6) is -5.00. The summed E-state index contributed by atoms with van der Waals surface area (Å²) < 4.78 is 43.5. The van der Waals surface area contributed by atoms with Gasteiger partial charge >= 0.3 is 5.92 Å². The SMILES string of the molecule is CN1CC(O)(C(F)(F)c2ccc(F)cc2[N+](=O)[O-])c2ccccc21. The Morgan fingerprint density at radius 2 is 1.96 bits per heavy atom. The lowest BCUT2D eigenvalue weighted by Crippen LogP contribution is -2.46. The molecule has 1 N–H and O–H groups in total. The Morgan fingerprint density at radius 1 is 1.29 bits per heavy atom. The molecule has 0 bridgehead atoms. The number of para-hydroxylation sites is 1. The Labute approximate surface area is 135 Å². The van der Waals surface area contributed by atoms with Gasteiger partial charge in [-0.1, -0.05) is 18.2 Å². The first-order valence-electron chi connectivity index (χ1n) is 7.04. The molecule has 1 heterocycles. The van der Waals surface area contributed by atoms with Gasteiger partial charge in [-0.15, -0.1) is 0 Å². The summed E-state index contributed by atoms with van der Waals surface area (Å²) in [6.07, 6.45) is 0. The van der Waals surface area contributed by atoms with Gasteiger partial charge in [0.05, 0.1) is 17.5 Å². The molecular formula is C16H13F3N2O3. The van der Waals surface area contributed by atoms with E-state index in [0.717, 1.165) is 0 Å². The van der Waals surface area contributed by atoms with E-state index in [2.05, 4.69) is 0 Å². The van der Waals surface area contributed by atoms with Gasteiger partial charge in [0.15, 0.2) is 5.60 Å². The second kappa shape index (κ2) is 5.20. The van der Waals surface area contributed by atoms with Crippen molar-refractivity contribution in [1.82, 2.24) is 0 Å². The topological polar surface area (TPSA) is 66.6 Å². The van der Waals surface area contributed by atoms with E-state index in [4.69, 9.17) is 0 Å². The number of likely N-dealkylation sites (N-methyl/N-ethyl adjacent to an activating group) is 1. The van der Waals surface area contributed by atoms with E-state index in [1.54, 1.807) is 12.1 Å². The second-order valence-corrected chi connectivity index (χ2v) is 5.73. The Kier molecular flexibility index (Phi) is 3.52. The van der Waals surface area contributed by atoms with Gasteiger partial charge in [0.25, 0.3) is 5.69 Å².